The SMILES string of the molecule is COC(=O)C1=C(C2CCN(S(=O)(=O)[C@H]3C[C@@H](C(=O)OC(C)(C)C)C3)C2)NC(c2nccs2)=NC1c1ccc(F)cc1Cl. The summed E-state index contributed by atoms with van der Waals surface area (Å²) in [5.74, 6) is -2.04. The van der Waals surface area contributed by atoms with Gasteiger partial charge in [-0.25, -0.2) is 26.9 Å². The molecular formula is C28H32ClFN4O6S2. The topological polar surface area (TPSA) is 127 Å². The van der Waals surface area contributed by atoms with Crippen molar-refractivity contribution >= 4 is 50.7 Å². The van der Waals surface area contributed by atoms with Gasteiger partial charge in [-0.1, -0.05) is 17.7 Å². The highest BCUT2D eigenvalue weighted by Crippen LogP contribution is 2.42. The molecule has 226 valence electrons. The van der Waals surface area contributed by atoms with Crippen LogP contribution >= 0.6 is 22.9 Å². The van der Waals surface area contributed by atoms with Crippen LogP contribution in [-0.4, -0.2) is 66.5 Å². The predicted octanol–water partition coefficient (Wildman–Crippen LogP) is 4.23. The minimum Gasteiger partial charge on any atom is -0.466 e. The first-order valence-electron chi connectivity index (χ1n) is 13.5. The monoisotopic (exact) mass is 638 g/mol. The van der Waals surface area contributed by atoms with E-state index < -0.39 is 50.5 Å². The van der Waals surface area contributed by atoms with E-state index in [0.29, 0.717) is 28.5 Å². The van der Waals surface area contributed by atoms with Gasteiger partial charge in [0.1, 0.15) is 17.5 Å². The van der Waals surface area contributed by atoms with Crippen LogP contribution in [0.5, 0.6) is 0 Å². The number of ether oxygens (including phenoxy) is 2. The first kappa shape index (κ1) is 30.6. The van der Waals surface area contributed by atoms with Crippen molar-refractivity contribution in [3.8, 4) is 0 Å². The molecule has 2 fully saturated rings. The van der Waals surface area contributed by atoms with Crippen molar-refractivity contribution in [3.05, 3.63) is 62.5 Å². The fourth-order valence-electron chi connectivity index (χ4n) is 5.41. The molecule has 1 aromatic carbocycles. The molecule has 1 aliphatic carbocycles. The molecule has 42 heavy (non-hydrogen) atoms. The van der Waals surface area contributed by atoms with Gasteiger partial charge in [-0.3, -0.25) is 9.79 Å². The Morgan fingerprint density at radius 3 is 2.60 bits per heavy atom. The quantitative estimate of drug-likeness (QED) is 0.447. The summed E-state index contributed by atoms with van der Waals surface area (Å²) in [6.45, 7) is 5.69. The number of methoxy groups -OCH3 is 1. The van der Waals surface area contributed by atoms with Crippen molar-refractivity contribution < 1.29 is 31.9 Å². The van der Waals surface area contributed by atoms with Crippen molar-refractivity contribution in [1.82, 2.24) is 14.6 Å². The van der Waals surface area contributed by atoms with E-state index in [-0.39, 0.29) is 42.5 Å². The van der Waals surface area contributed by atoms with Gasteiger partial charge in [0.15, 0.2) is 10.8 Å². The van der Waals surface area contributed by atoms with Gasteiger partial charge in [0.2, 0.25) is 10.0 Å². The first-order chi connectivity index (χ1) is 19.8. The Morgan fingerprint density at radius 1 is 1.24 bits per heavy atom. The summed E-state index contributed by atoms with van der Waals surface area (Å²) in [4.78, 5) is 34.7. The first-order valence-corrected chi connectivity index (χ1v) is 16.3. The molecular weight excluding hydrogens is 607 g/mol. The minimum absolute atomic E-state index is 0.0880. The van der Waals surface area contributed by atoms with E-state index in [1.165, 1.54) is 34.9 Å². The summed E-state index contributed by atoms with van der Waals surface area (Å²) in [6, 6.07) is 2.93. The van der Waals surface area contributed by atoms with Gasteiger partial charge < -0.3 is 14.8 Å². The largest absolute Gasteiger partial charge is 0.466 e. The van der Waals surface area contributed by atoms with Crippen LogP contribution in [0.15, 0.2) is 46.0 Å². The average molecular weight is 639 g/mol. The number of nitrogens with zero attached hydrogens (tertiary/aromatic N) is 3. The van der Waals surface area contributed by atoms with Crippen molar-refractivity contribution in [2.45, 2.75) is 56.9 Å². The Labute approximate surface area is 253 Å². The number of hydrogen-bond donors (Lipinski definition) is 1. The lowest BCUT2D eigenvalue weighted by Crippen LogP contribution is -2.47. The third kappa shape index (κ3) is 6.10. The van der Waals surface area contributed by atoms with Gasteiger partial charge in [-0.15, -0.1) is 11.3 Å². The molecule has 2 unspecified atom stereocenters. The van der Waals surface area contributed by atoms with Gasteiger partial charge in [0, 0.05) is 46.9 Å². The molecule has 2 aliphatic heterocycles. The van der Waals surface area contributed by atoms with Gasteiger partial charge in [0.05, 0.1) is 23.9 Å². The molecule has 5 rings (SSSR count). The molecule has 0 bridgehead atoms. The number of carbonyl (C=O) groups is 2. The third-order valence-electron chi connectivity index (χ3n) is 7.55. The Bertz CT molecular complexity index is 1550. The molecule has 2 aromatic rings. The number of thiazole rings is 1. The predicted molar refractivity (Wildman–Crippen MR) is 156 cm³/mol. The van der Waals surface area contributed by atoms with Crippen LogP contribution in [0.4, 0.5) is 4.39 Å². The van der Waals surface area contributed by atoms with Crippen LogP contribution in [0.1, 0.15) is 56.6 Å². The molecule has 1 saturated heterocycles. The Hall–Kier alpha value is -2.87. The molecule has 1 N–H and O–H groups in total. The zero-order valence-corrected chi connectivity index (χ0v) is 26.0. The molecule has 3 heterocycles. The maximum Gasteiger partial charge on any atom is 0.338 e. The number of hydrogen-bond acceptors (Lipinski definition) is 10. The molecule has 3 aliphatic rings. The van der Waals surface area contributed by atoms with Gasteiger partial charge >= 0.3 is 11.9 Å². The number of esters is 2. The smallest absolute Gasteiger partial charge is 0.338 e. The van der Waals surface area contributed by atoms with Crippen LogP contribution in [0.2, 0.25) is 5.02 Å². The molecule has 0 spiro atoms. The van der Waals surface area contributed by atoms with E-state index in [4.69, 9.17) is 26.1 Å². The van der Waals surface area contributed by atoms with E-state index in [0.717, 1.165) is 6.07 Å². The molecule has 2 atom stereocenters. The molecule has 10 nitrogen and oxygen atoms in total. The second-order valence-electron chi connectivity index (χ2n) is 11.5. The second kappa shape index (κ2) is 11.7. The molecule has 1 aromatic heterocycles. The lowest BCUT2D eigenvalue weighted by atomic mass is 9.85. The number of benzene rings is 1. The van der Waals surface area contributed by atoms with Crippen molar-refractivity contribution in [3.63, 3.8) is 0 Å². The number of aromatic nitrogens is 1. The van der Waals surface area contributed by atoms with Crippen LogP contribution in [-0.2, 0) is 29.1 Å². The average Bonchev–Trinajstić information content (AvgIpc) is 3.59. The van der Waals surface area contributed by atoms with Crippen LogP contribution in [0.25, 0.3) is 0 Å². The van der Waals surface area contributed by atoms with Gasteiger partial charge in [-0.05, 0) is 52.2 Å². The van der Waals surface area contributed by atoms with E-state index in [9.17, 15) is 22.4 Å². The van der Waals surface area contributed by atoms with Gasteiger partial charge in [-0.2, -0.15) is 0 Å². The molecule has 1 saturated carbocycles. The van der Waals surface area contributed by atoms with Crippen molar-refractivity contribution in [2.24, 2.45) is 16.8 Å². The number of rotatable bonds is 7. The second-order valence-corrected chi connectivity index (χ2v) is 15.1. The zero-order chi connectivity index (χ0) is 30.4. The van der Waals surface area contributed by atoms with Crippen LogP contribution in [0.3, 0.4) is 0 Å². The number of carbonyl (C=O) groups excluding carboxylic acids is 2. The zero-order valence-electron chi connectivity index (χ0n) is 23.6. The third-order valence-corrected chi connectivity index (χ3v) is 10.9. The van der Waals surface area contributed by atoms with E-state index in [2.05, 4.69) is 10.3 Å². The highest BCUT2D eigenvalue weighted by atomic mass is 35.5. The maximum absolute atomic E-state index is 13.9. The van der Waals surface area contributed by atoms with E-state index in [1.54, 1.807) is 32.3 Å². The molecule has 0 amide bonds. The fourth-order valence-corrected chi connectivity index (χ4v) is 8.39. The van der Waals surface area contributed by atoms with Crippen LogP contribution in [0, 0.1) is 17.7 Å². The van der Waals surface area contributed by atoms with E-state index >= 15 is 0 Å². The number of aliphatic imine (C=N–C) groups is 1. The number of amidine groups is 1. The Morgan fingerprint density at radius 2 is 1.98 bits per heavy atom. The summed E-state index contributed by atoms with van der Waals surface area (Å²) in [5, 5.41) is 4.99. The number of sulfonamides is 1. The number of halogens is 2. The highest BCUT2D eigenvalue weighted by molar-refractivity contribution is 7.89. The summed E-state index contributed by atoms with van der Waals surface area (Å²) in [5.41, 5.74) is 0.393. The van der Waals surface area contributed by atoms with Crippen molar-refractivity contribution in [1.29, 1.82) is 0 Å². The summed E-state index contributed by atoms with van der Waals surface area (Å²) >= 11 is 7.77. The summed E-state index contributed by atoms with van der Waals surface area (Å²) < 4.78 is 53.0. The molecule has 0 radical (unpaired) electrons. The minimum atomic E-state index is -3.71. The normalized spacial score (nSPS) is 25.0. The number of nitrogens with one attached hydrogen (secondary N) is 1. The van der Waals surface area contributed by atoms with E-state index in [1.807, 2.05) is 0 Å². The Balaban J connectivity index is 1.43. The lowest BCUT2D eigenvalue weighted by molar-refractivity contribution is -0.162. The highest BCUT2D eigenvalue weighted by Gasteiger charge is 2.48. The summed E-state index contributed by atoms with van der Waals surface area (Å²) in [6.07, 6.45) is 2.47. The van der Waals surface area contributed by atoms with Gasteiger partial charge in [0.25, 0.3) is 0 Å². The molecule has 14 heteroatoms. The Kier molecular flexibility index (Phi) is 8.49. The fraction of sp³-hybridized carbons (Fsp3) is 0.500. The maximum atomic E-state index is 13.9. The van der Waals surface area contributed by atoms with Crippen LogP contribution < -0.4 is 5.32 Å². The lowest BCUT2D eigenvalue weighted by Gasteiger charge is -2.37. The van der Waals surface area contributed by atoms with Crippen molar-refractivity contribution in [2.75, 3.05) is 20.2 Å². The standard InChI is InChI=1S/C28H32ClFN4O6S2/c1-28(2,3)40-26(35)16-11-18(12-16)42(37,38)34-9-7-15(14-34)22-21(27(36)39-4)23(19-6-5-17(30)13-20(19)29)33-24(32-22)25-31-8-10-41-25/h5-6,8,10,13,15-16,18,23H,7,9,11-12,14H2,1-4H3,(H,32,33)/t15?,16-,18+,23?. The summed E-state index contributed by atoms with van der Waals surface area (Å²) in [7, 11) is -2.46.